The van der Waals surface area contributed by atoms with Crippen molar-refractivity contribution in [2.24, 2.45) is 0 Å². The van der Waals surface area contributed by atoms with E-state index >= 15 is 0 Å². The summed E-state index contributed by atoms with van der Waals surface area (Å²) >= 11 is 0. The molecule has 2 aliphatic heterocycles. The fraction of sp³-hybridized carbons (Fsp3) is 0.0588. The summed E-state index contributed by atoms with van der Waals surface area (Å²) in [6, 6.07) is 44.0. The summed E-state index contributed by atoms with van der Waals surface area (Å²) < 4.78 is 22.9. The average Bonchev–Trinajstić information content (AvgIpc) is 3.41. The van der Waals surface area contributed by atoms with Crippen molar-refractivity contribution in [1.82, 2.24) is 39.6 Å². The van der Waals surface area contributed by atoms with Gasteiger partial charge in [-0.05, 0) is 105 Å². The number of benzene rings is 8. The molecule has 0 aliphatic carbocycles. The van der Waals surface area contributed by atoms with Crippen molar-refractivity contribution in [2.45, 2.75) is 25.7 Å². The summed E-state index contributed by atoms with van der Waals surface area (Å²) in [4.78, 5) is 42.4. The summed E-state index contributed by atoms with van der Waals surface area (Å²) in [7, 11) is 0. The van der Waals surface area contributed by atoms with Crippen molar-refractivity contribution in [3.05, 3.63) is 225 Å². The third kappa shape index (κ3) is 9.48. The second-order valence-corrected chi connectivity index (χ2v) is 19.9. The fourth-order valence-electron chi connectivity index (χ4n) is 10.5. The van der Waals surface area contributed by atoms with Gasteiger partial charge in [-0.15, -0.1) is 31.0 Å². The number of nitrogens with one attached hydrogen (secondary N) is 1. The Bertz CT molecular complexity index is 4740. The van der Waals surface area contributed by atoms with Crippen LogP contribution in [0.4, 0.5) is 0 Å². The Kier molecular flexibility index (Phi) is 13.3. The molecule has 0 spiro atoms. The number of aromatic hydroxyl groups is 4. The number of fused-ring (bicyclic) bond motifs is 20. The van der Waals surface area contributed by atoms with Crippen LogP contribution in [0.5, 0.6) is 63.2 Å². The largest absolute Gasteiger partial charge is 0.508 e. The maximum atomic E-state index is 10.9. The van der Waals surface area contributed by atoms with Crippen LogP contribution in [0.2, 0.25) is 0 Å². The van der Waals surface area contributed by atoms with Gasteiger partial charge >= 0.3 is 0 Å². The van der Waals surface area contributed by atoms with Gasteiger partial charge in [-0.3, -0.25) is 0 Å². The molecule has 0 atom stereocenters. The number of H-pyrrole nitrogens is 1. The summed E-state index contributed by atoms with van der Waals surface area (Å²) in [6.07, 6.45) is 8.18. The number of ether oxygens (including phenoxy) is 3. The van der Waals surface area contributed by atoms with Gasteiger partial charge in [-0.25, -0.2) is 29.9 Å². The average molecular weight is 1110 g/mol. The Balaban J connectivity index is 1.20. The number of aromatic amines is 1. The lowest BCUT2D eigenvalue weighted by Gasteiger charge is -2.21. The molecule has 0 fully saturated rings. The zero-order chi connectivity index (χ0) is 57.6. The lowest BCUT2D eigenvalue weighted by Crippen LogP contribution is -2.08. The lowest BCUT2D eigenvalue weighted by atomic mass is 10.1. The third-order valence-electron chi connectivity index (χ3n) is 14.3. The van der Waals surface area contributed by atoms with Gasteiger partial charge in [0.2, 0.25) is 5.75 Å². The zero-order valence-electron chi connectivity index (χ0n) is 45.0. The molecule has 3 aromatic heterocycles. The highest BCUT2D eigenvalue weighted by Crippen LogP contribution is 2.53. The Morgan fingerprint density at radius 2 is 0.762 bits per heavy atom. The van der Waals surface area contributed by atoms with Gasteiger partial charge in [0, 0.05) is 60.7 Å². The summed E-state index contributed by atoms with van der Waals surface area (Å²) in [5, 5.41) is 45.2. The van der Waals surface area contributed by atoms with E-state index in [1.54, 1.807) is 89.7 Å². The Labute approximate surface area is 480 Å². The normalized spacial score (nSPS) is 11.4. The van der Waals surface area contributed by atoms with Crippen molar-refractivity contribution in [3.8, 4) is 109 Å². The smallest absolute Gasteiger partial charge is 0.213 e. The predicted octanol–water partition coefficient (Wildman–Crippen LogP) is 15.3. The van der Waals surface area contributed by atoms with E-state index in [2.05, 4.69) is 31.3 Å². The molecule has 8 bridgehead atoms. The van der Waals surface area contributed by atoms with Crippen LogP contribution in [0.15, 0.2) is 202 Å². The molecular weight excluding hydrogens is 1060 g/mol. The molecule has 2 aliphatic rings. The molecule has 0 radical (unpaired) electrons. The van der Waals surface area contributed by atoms with Crippen LogP contribution in [-0.4, -0.2) is 60.0 Å². The maximum Gasteiger partial charge on any atom is 0.213 e. The molecule has 13 rings (SSSR count). The van der Waals surface area contributed by atoms with Crippen molar-refractivity contribution in [1.29, 1.82) is 0 Å². The maximum absolute atomic E-state index is 10.9. The first-order valence-corrected chi connectivity index (χ1v) is 26.8. The van der Waals surface area contributed by atoms with Crippen LogP contribution in [0.3, 0.4) is 0 Å². The molecule has 0 amide bonds. The third-order valence-corrected chi connectivity index (χ3v) is 14.3. The van der Waals surface area contributed by atoms with Crippen LogP contribution in [0.25, 0.3) is 89.7 Å². The Morgan fingerprint density at radius 1 is 0.381 bits per heavy atom. The predicted molar refractivity (Wildman–Crippen MR) is 324 cm³/mol. The second kappa shape index (κ2) is 21.5. The molecule has 0 saturated heterocycles. The number of aromatic nitrogens is 8. The number of phenols is 4. The van der Waals surface area contributed by atoms with Gasteiger partial charge in [0.25, 0.3) is 0 Å². The monoisotopic (exact) mass is 1110 g/mol. The van der Waals surface area contributed by atoms with E-state index in [9.17, 15) is 20.4 Å². The lowest BCUT2D eigenvalue weighted by molar-refractivity contribution is 0.235. The first-order chi connectivity index (χ1) is 41.1. The summed E-state index contributed by atoms with van der Waals surface area (Å²) in [5.41, 5.74) is 6.38. The summed E-state index contributed by atoms with van der Waals surface area (Å²) in [6.45, 7) is 15.9. The van der Waals surface area contributed by atoms with Gasteiger partial charge in [0.1, 0.15) is 51.5 Å². The van der Waals surface area contributed by atoms with Crippen molar-refractivity contribution >= 4 is 44.1 Å². The van der Waals surface area contributed by atoms with Gasteiger partial charge in [0.15, 0.2) is 51.8 Å². The number of hydrogen-bond donors (Lipinski definition) is 5. The van der Waals surface area contributed by atoms with Crippen LogP contribution in [0, 0.1) is 0 Å². The van der Waals surface area contributed by atoms with Gasteiger partial charge < -0.3 is 44.5 Å². The minimum atomic E-state index is 0.0113. The molecule has 84 heavy (non-hydrogen) atoms. The van der Waals surface area contributed by atoms with E-state index in [-0.39, 0.29) is 57.4 Å². The molecular formula is C68H50N8O8. The van der Waals surface area contributed by atoms with Gasteiger partial charge in [-0.2, -0.15) is 0 Å². The van der Waals surface area contributed by atoms with Gasteiger partial charge in [-0.1, -0.05) is 97.1 Å². The first kappa shape index (κ1) is 51.9. The molecule has 8 aromatic carbocycles. The second-order valence-electron chi connectivity index (χ2n) is 19.9. The molecule has 0 saturated carbocycles. The number of phenolic OH excluding ortho intramolecular Hbond substituents is 4. The highest BCUT2D eigenvalue weighted by atomic mass is 16.7. The molecule has 5 heterocycles. The van der Waals surface area contributed by atoms with E-state index < -0.39 is 0 Å². The number of nitrogens with zero attached hydrogens (tertiary/aromatic N) is 7. The van der Waals surface area contributed by atoms with Gasteiger partial charge in [0.05, 0.1) is 5.39 Å². The highest BCUT2D eigenvalue weighted by molar-refractivity contribution is 6.11. The van der Waals surface area contributed by atoms with E-state index in [0.29, 0.717) is 144 Å². The van der Waals surface area contributed by atoms with E-state index in [1.165, 1.54) is 18.2 Å². The SMILES string of the molecule is C=CCc1cc(O)ccc1Oc1cc2c3nc4nc(nc5c6ccccc6c(nc6nc(nc([nH]3)c2c(Oc2ccc(O)cc2CC=C)c1Oc1ccc(O)cc1CC=C)-c1ccccc1-6)n5Oc1ccc(O)cc1CC=C)-c1ccccc1-4. The molecule has 5 N–H and O–H groups in total. The first-order valence-electron chi connectivity index (χ1n) is 26.8. The van der Waals surface area contributed by atoms with Crippen molar-refractivity contribution in [3.63, 3.8) is 0 Å². The Hall–Kier alpha value is -11.5. The highest BCUT2D eigenvalue weighted by Gasteiger charge is 2.29. The van der Waals surface area contributed by atoms with Crippen LogP contribution in [0.1, 0.15) is 22.3 Å². The molecule has 0 unspecified atom stereocenters. The zero-order valence-corrected chi connectivity index (χ0v) is 45.0. The Morgan fingerprint density at radius 3 is 1.21 bits per heavy atom. The topological polar surface area (TPSA) is 216 Å². The van der Waals surface area contributed by atoms with Crippen LogP contribution < -0.4 is 19.0 Å². The molecule has 16 heteroatoms. The minimum Gasteiger partial charge on any atom is -0.508 e. The fourth-order valence-corrected chi connectivity index (χ4v) is 10.5. The quantitative estimate of drug-likeness (QED) is 0.0569. The number of rotatable bonds is 16. The molecule has 410 valence electrons. The van der Waals surface area contributed by atoms with Crippen molar-refractivity contribution < 1.29 is 39.5 Å². The summed E-state index contributed by atoms with van der Waals surface area (Å²) in [5.74, 6) is 3.12. The van der Waals surface area contributed by atoms with E-state index in [0.717, 1.165) is 0 Å². The number of allylic oxidation sites excluding steroid dienone is 4. The minimum absolute atomic E-state index is 0.0113. The van der Waals surface area contributed by atoms with E-state index in [4.69, 9.17) is 49.0 Å². The van der Waals surface area contributed by atoms with Crippen molar-refractivity contribution in [2.75, 3.05) is 0 Å². The number of hydrogen-bond acceptors (Lipinski definition) is 14. The molecule has 11 aromatic rings. The van der Waals surface area contributed by atoms with Crippen LogP contribution >= 0.6 is 0 Å². The van der Waals surface area contributed by atoms with E-state index in [1.807, 2.05) is 72.8 Å². The standard InChI is InChI=1S/C68H50N8O8/c1-5-15-38-33-42(77)25-29-53(38)81-57-37-52-58(60(83-55-31-27-44(79)35-40(55)17-7-3)59(57)82-54-30-26-43(78)34-39(54)16-6-2)66-72-62-47-20-10-12-22-49(47)64(70-62)75-68-51-24-14-13-23-50(51)67(76(68)84-56-32-28-45(80)36-41(56)18-8-4)74-63-48-21-11-9-19-46(48)61(69-63)71-65(52)73-66/h5-14,19-37,77-80H,1-4,15-18H2,(H,69,70,71,72,73,74,75). The van der Waals surface area contributed by atoms with Crippen LogP contribution in [-0.2, 0) is 25.7 Å². The molecule has 16 nitrogen and oxygen atoms in total.